The molecular weight excluding hydrogens is 404 g/mol. The summed E-state index contributed by atoms with van der Waals surface area (Å²) in [4.78, 5) is 30.4. The van der Waals surface area contributed by atoms with Gasteiger partial charge in [-0.25, -0.2) is 4.68 Å². The number of H-pyrrole nitrogens is 1. The Labute approximate surface area is 185 Å². The summed E-state index contributed by atoms with van der Waals surface area (Å²) in [6.45, 7) is 3.15. The zero-order chi connectivity index (χ0) is 22.1. The van der Waals surface area contributed by atoms with Crippen molar-refractivity contribution >= 4 is 22.7 Å². The fourth-order valence-corrected chi connectivity index (χ4v) is 4.03. The normalized spacial score (nSPS) is 14.6. The quantitative estimate of drug-likeness (QED) is 0.522. The van der Waals surface area contributed by atoms with Crippen LogP contribution in [0.25, 0.3) is 16.6 Å². The number of aromatic amines is 1. The molecular formula is C24H24N6O2. The molecule has 1 saturated heterocycles. The number of likely N-dealkylation sites (tertiary alicyclic amines) is 1. The molecule has 8 nitrogen and oxygen atoms in total. The van der Waals surface area contributed by atoms with Crippen molar-refractivity contribution in [3.05, 3.63) is 77.7 Å². The number of nitrogens with one attached hydrogen (secondary N) is 2. The number of amides is 2. The molecule has 0 unspecified atom stereocenters. The molecule has 0 atom stereocenters. The summed E-state index contributed by atoms with van der Waals surface area (Å²) < 4.78 is 1.61. The van der Waals surface area contributed by atoms with Crippen LogP contribution in [0.5, 0.6) is 0 Å². The lowest BCUT2D eigenvalue weighted by molar-refractivity contribution is 0.0692. The number of aryl methyl sites for hydroxylation is 1. The fraction of sp³-hybridized carbons (Fsp3) is 0.250. The number of benzene rings is 2. The summed E-state index contributed by atoms with van der Waals surface area (Å²) in [5.41, 5.74) is 3.84. The Balaban J connectivity index is 1.18. The van der Waals surface area contributed by atoms with E-state index >= 15 is 0 Å². The minimum absolute atomic E-state index is 0.0289. The highest BCUT2D eigenvalue weighted by molar-refractivity contribution is 5.98. The number of nitrogens with zero attached hydrogens (tertiary/aromatic N) is 4. The Bertz CT molecular complexity index is 1230. The van der Waals surface area contributed by atoms with E-state index in [1.165, 1.54) is 0 Å². The Kier molecular flexibility index (Phi) is 5.18. The molecule has 3 heterocycles. The molecule has 2 amide bonds. The SMILES string of the molecule is Cc1ccc(-n2cc(C(=O)N3CCC(NC(=O)c4cc5ccccc5[nH]4)CC3)nn2)cc1. The van der Waals surface area contributed by atoms with Crippen molar-refractivity contribution in [1.29, 1.82) is 0 Å². The van der Waals surface area contributed by atoms with Crippen LogP contribution in [-0.4, -0.2) is 55.8 Å². The van der Waals surface area contributed by atoms with Crippen LogP contribution in [0.15, 0.2) is 60.8 Å². The van der Waals surface area contributed by atoms with Gasteiger partial charge in [-0.3, -0.25) is 9.59 Å². The molecule has 0 spiro atoms. The van der Waals surface area contributed by atoms with Crippen molar-refractivity contribution in [3.63, 3.8) is 0 Å². The van der Waals surface area contributed by atoms with E-state index in [2.05, 4.69) is 20.6 Å². The van der Waals surface area contributed by atoms with Crippen molar-refractivity contribution in [2.45, 2.75) is 25.8 Å². The molecule has 4 aromatic rings. The first kappa shape index (κ1) is 20.0. The maximum absolute atomic E-state index is 12.9. The van der Waals surface area contributed by atoms with Crippen molar-refractivity contribution in [1.82, 2.24) is 30.2 Å². The standard InChI is InChI=1S/C24H24N6O2/c1-16-6-8-19(9-7-16)30-15-22(27-28-30)24(32)29-12-10-18(11-13-29)25-23(31)21-14-17-4-2-3-5-20(17)26-21/h2-9,14-15,18,26H,10-13H2,1H3,(H,25,31). The number of rotatable bonds is 4. The number of fused-ring (bicyclic) bond motifs is 1. The molecule has 5 rings (SSSR count). The molecule has 0 radical (unpaired) electrons. The van der Waals surface area contributed by atoms with Crippen molar-refractivity contribution in [2.75, 3.05) is 13.1 Å². The summed E-state index contributed by atoms with van der Waals surface area (Å²) in [7, 11) is 0. The highest BCUT2D eigenvalue weighted by Crippen LogP contribution is 2.17. The molecule has 0 saturated carbocycles. The summed E-state index contributed by atoms with van der Waals surface area (Å²) >= 11 is 0. The first-order valence-electron chi connectivity index (χ1n) is 10.7. The van der Waals surface area contributed by atoms with Crippen LogP contribution in [0.3, 0.4) is 0 Å². The molecule has 0 aliphatic carbocycles. The minimum Gasteiger partial charge on any atom is -0.351 e. The lowest BCUT2D eigenvalue weighted by atomic mass is 10.0. The van der Waals surface area contributed by atoms with Crippen molar-refractivity contribution < 1.29 is 9.59 Å². The molecule has 1 aliphatic rings. The first-order chi connectivity index (χ1) is 15.6. The van der Waals surface area contributed by atoms with E-state index < -0.39 is 0 Å². The second-order valence-electron chi connectivity index (χ2n) is 8.19. The van der Waals surface area contributed by atoms with E-state index in [0.29, 0.717) is 37.3 Å². The predicted octanol–water partition coefficient (Wildman–Crippen LogP) is 3.09. The van der Waals surface area contributed by atoms with Gasteiger partial charge in [0.1, 0.15) is 5.69 Å². The van der Waals surface area contributed by atoms with E-state index in [-0.39, 0.29) is 17.9 Å². The molecule has 8 heteroatoms. The number of carbonyl (C=O) groups excluding carboxylic acids is 2. The highest BCUT2D eigenvalue weighted by Gasteiger charge is 2.26. The summed E-state index contributed by atoms with van der Waals surface area (Å²) in [5.74, 6) is -0.254. The average molecular weight is 428 g/mol. The summed E-state index contributed by atoms with van der Waals surface area (Å²) in [5, 5.41) is 12.3. The number of aromatic nitrogens is 4. The van der Waals surface area contributed by atoms with Crippen LogP contribution < -0.4 is 5.32 Å². The van der Waals surface area contributed by atoms with Gasteiger partial charge in [-0.05, 0) is 44.0 Å². The van der Waals surface area contributed by atoms with Gasteiger partial charge in [0.2, 0.25) is 0 Å². The summed E-state index contributed by atoms with van der Waals surface area (Å²) in [6.07, 6.45) is 3.06. The molecule has 162 valence electrons. The lowest BCUT2D eigenvalue weighted by Crippen LogP contribution is -2.46. The topological polar surface area (TPSA) is 95.9 Å². The van der Waals surface area contributed by atoms with Gasteiger partial charge in [0.05, 0.1) is 11.9 Å². The smallest absolute Gasteiger partial charge is 0.276 e. The van der Waals surface area contributed by atoms with Crippen LogP contribution in [0, 0.1) is 6.92 Å². The van der Waals surface area contributed by atoms with Crippen LogP contribution in [0.1, 0.15) is 39.4 Å². The van der Waals surface area contributed by atoms with Crippen LogP contribution >= 0.6 is 0 Å². The lowest BCUT2D eigenvalue weighted by Gasteiger charge is -2.31. The van der Waals surface area contributed by atoms with Crippen molar-refractivity contribution in [3.8, 4) is 5.69 Å². The molecule has 1 aliphatic heterocycles. The monoisotopic (exact) mass is 428 g/mol. The van der Waals surface area contributed by atoms with Gasteiger partial charge in [-0.1, -0.05) is 41.1 Å². The zero-order valence-corrected chi connectivity index (χ0v) is 17.8. The van der Waals surface area contributed by atoms with Gasteiger partial charge in [-0.2, -0.15) is 0 Å². The number of hydrogen-bond acceptors (Lipinski definition) is 4. The van der Waals surface area contributed by atoms with Crippen molar-refractivity contribution in [2.24, 2.45) is 0 Å². The number of piperidine rings is 1. The second kappa shape index (κ2) is 8.30. The maximum Gasteiger partial charge on any atom is 0.276 e. The largest absolute Gasteiger partial charge is 0.351 e. The summed E-state index contributed by atoms with van der Waals surface area (Å²) in [6, 6.07) is 17.6. The second-order valence-corrected chi connectivity index (χ2v) is 8.19. The number of carbonyl (C=O) groups is 2. The van der Waals surface area contributed by atoms with E-state index in [0.717, 1.165) is 22.2 Å². The molecule has 32 heavy (non-hydrogen) atoms. The van der Waals surface area contributed by atoms with Crippen LogP contribution in [-0.2, 0) is 0 Å². The predicted molar refractivity (Wildman–Crippen MR) is 121 cm³/mol. The molecule has 2 aromatic carbocycles. The van der Waals surface area contributed by atoms with Gasteiger partial charge in [0.15, 0.2) is 5.69 Å². The number of para-hydroxylation sites is 1. The zero-order valence-electron chi connectivity index (χ0n) is 17.8. The van der Waals surface area contributed by atoms with E-state index in [9.17, 15) is 9.59 Å². The fourth-order valence-electron chi connectivity index (χ4n) is 4.03. The van der Waals surface area contributed by atoms with Gasteiger partial charge >= 0.3 is 0 Å². The Morgan fingerprint density at radius 3 is 2.56 bits per heavy atom. The average Bonchev–Trinajstić information content (AvgIpc) is 3.47. The maximum atomic E-state index is 12.9. The third-order valence-electron chi connectivity index (χ3n) is 5.90. The highest BCUT2D eigenvalue weighted by atomic mass is 16.2. The molecule has 1 fully saturated rings. The Morgan fingerprint density at radius 1 is 1.06 bits per heavy atom. The molecule has 2 aromatic heterocycles. The van der Waals surface area contributed by atoms with Crippen LogP contribution in [0.2, 0.25) is 0 Å². The minimum atomic E-state index is -0.135. The van der Waals surface area contributed by atoms with Gasteiger partial charge in [0, 0.05) is 30.0 Å². The molecule has 2 N–H and O–H groups in total. The molecule has 0 bridgehead atoms. The van der Waals surface area contributed by atoms with Gasteiger partial charge in [-0.15, -0.1) is 5.10 Å². The third-order valence-corrected chi connectivity index (χ3v) is 5.90. The van der Waals surface area contributed by atoms with E-state index in [1.54, 1.807) is 15.8 Å². The van der Waals surface area contributed by atoms with Gasteiger partial charge < -0.3 is 15.2 Å². The third kappa shape index (κ3) is 3.99. The number of hydrogen-bond donors (Lipinski definition) is 2. The van der Waals surface area contributed by atoms with E-state index in [4.69, 9.17) is 0 Å². The van der Waals surface area contributed by atoms with Crippen LogP contribution in [0.4, 0.5) is 0 Å². The Morgan fingerprint density at radius 2 is 1.81 bits per heavy atom. The van der Waals surface area contributed by atoms with E-state index in [1.807, 2.05) is 61.5 Å². The Hall–Kier alpha value is -3.94. The van der Waals surface area contributed by atoms with Gasteiger partial charge in [0.25, 0.3) is 11.8 Å². The first-order valence-corrected chi connectivity index (χ1v) is 10.7.